The first-order valence-electron chi connectivity index (χ1n) is 12.6. The fourth-order valence-electron chi connectivity index (χ4n) is 5.00. The van der Waals surface area contributed by atoms with Crippen LogP contribution in [0.4, 0.5) is 4.79 Å². The van der Waals surface area contributed by atoms with Crippen LogP contribution in [0.15, 0.2) is 30.0 Å². The average Bonchev–Trinajstić information content (AvgIpc) is 2.69. The van der Waals surface area contributed by atoms with Gasteiger partial charge in [0.25, 0.3) is 0 Å². The minimum absolute atomic E-state index is 0.0319. The fourth-order valence-corrected chi connectivity index (χ4v) is 5.28. The van der Waals surface area contributed by atoms with E-state index in [0.717, 1.165) is 47.4 Å². The Morgan fingerprint density at radius 3 is 2.53 bits per heavy atom. The number of esters is 1. The van der Waals surface area contributed by atoms with Crippen molar-refractivity contribution in [2.75, 3.05) is 13.2 Å². The van der Waals surface area contributed by atoms with Crippen molar-refractivity contribution in [2.24, 2.45) is 23.2 Å². The molecule has 3 rings (SSSR count). The van der Waals surface area contributed by atoms with Crippen molar-refractivity contribution in [3.05, 3.63) is 46.1 Å². The molecule has 0 spiro atoms. The maximum absolute atomic E-state index is 13.2. The van der Waals surface area contributed by atoms with Gasteiger partial charge in [0.15, 0.2) is 0 Å². The zero-order valence-electron chi connectivity index (χ0n) is 21.8. The molecule has 1 aliphatic carbocycles. The summed E-state index contributed by atoms with van der Waals surface area (Å²) in [5.41, 5.74) is 2.91. The first kappa shape index (κ1) is 26.6. The van der Waals surface area contributed by atoms with E-state index in [1.165, 1.54) is 0 Å². The van der Waals surface area contributed by atoms with E-state index in [9.17, 15) is 9.59 Å². The molecule has 1 N–H and O–H groups in total. The number of halogens is 1. The molecule has 6 heteroatoms. The van der Waals surface area contributed by atoms with E-state index in [0.29, 0.717) is 19.1 Å². The van der Waals surface area contributed by atoms with Gasteiger partial charge in [0.2, 0.25) is 0 Å². The summed E-state index contributed by atoms with van der Waals surface area (Å²) in [6.07, 6.45) is 5.56. The second kappa shape index (κ2) is 10.3. The molecule has 34 heavy (non-hydrogen) atoms. The van der Waals surface area contributed by atoms with Crippen LogP contribution < -0.4 is 5.32 Å². The lowest BCUT2D eigenvalue weighted by atomic mass is 9.74. The lowest BCUT2D eigenvalue weighted by Gasteiger charge is -2.44. The molecule has 0 saturated heterocycles. The lowest BCUT2D eigenvalue weighted by molar-refractivity contribution is -0.152. The average molecular weight is 489 g/mol. The third-order valence-electron chi connectivity index (χ3n) is 7.20. The van der Waals surface area contributed by atoms with Gasteiger partial charge in [-0.1, -0.05) is 58.4 Å². The Kier molecular flexibility index (Phi) is 8.07. The van der Waals surface area contributed by atoms with Gasteiger partial charge in [-0.15, -0.1) is 0 Å². The predicted molar refractivity (Wildman–Crippen MR) is 138 cm³/mol. The molecule has 1 saturated carbocycles. The first-order valence-corrected chi connectivity index (χ1v) is 13.0. The second-order valence-electron chi connectivity index (χ2n) is 11.6. The van der Waals surface area contributed by atoms with Crippen LogP contribution in [0.5, 0.6) is 0 Å². The van der Waals surface area contributed by atoms with Crippen molar-refractivity contribution in [3.63, 3.8) is 0 Å². The van der Waals surface area contributed by atoms with E-state index in [4.69, 9.17) is 16.3 Å². The highest BCUT2D eigenvalue weighted by molar-refractivity contribution is 6.31. The van der Waals surface area contributed by atoms with Crippen LogP contribution in [0.1, 0.15) is 78.9 Å². The van der Waals surface area contributed by atoms with E-state index < -0.39 is 5.54 Å². The number of benzene rings is 1. The van der Waals surface area contributed by atoms with Crippen LogP contribution in [0, 0.1) is 23.2 Å². The number of hydrogen-bond acceptors (Lipinski definition) is 3. The van der Waals surface area contributed by atoms with E-state index in [1.807, 2.05) is 19.2 Å². The SMILES string of the molecule is CCOC(=O)[C@H]1C[C@H](CN2C=C(C(C)C)[C@](C)(c3ccc(CCC(C)(C)C)c(Cl)c3)NC2=O)C1. The van der Waals surface area contributed by atoms with Crippen molar-refractivity contribution in [3.8, 4) is 0 Å². The van der Waals surface area contributed by atoms with Gasteiger partial charge in [-0.25, -0.2) is 4.79 Å². The molecule has 1 aromatic carbocycles. The lowest BCUT2D eigenvalue weighted by Crippen LogP contribution is -2.56. The van der Waals surface area contributed by atoms with Crippen LogP contribution in [0.3, 0.4) is 0 Å². The number of carbonyl (C=O) groups is 2. The highest BCUT2D eigenvalue weighted by Crippen LogP contribution is 2.40. The number of carbonyl (C=O) groups excluding carboxylic acids is 2. The molecule has 5 nitrogen and oxygen atoms in total. The Hall–Kier alpha value is -2.01. The minimum Gasteiger partial charge on any atom is -0.466 e. The third kappa shape index (κ3) is 5.97. The summed E-state index contributed by atoms with van der Waals surface area (Å²) in [7, 11) is 0. The van der Waals surface area contributed by atoms with E-state index >= 15 is 0 Å². The molecule has 0 aromatic heterocycles. The molecule has 1 aromatic rings. The Balaban J connectivity index is 1.77. The van der Waals surface area contributed by atoms with Crippen molar-refractivity contribution in [1.29, 1.82) is 0 Å². The molecule has 1 heterocycles. The maximum atomic E-state index is 13.2. The summed E-state index contributed by atoms with van der Waals surface area (Å²) in [4.78, 5) is 26.8. The van der Waals surface area contributed by atoms with Gasteiger partial charge in [0.1, 0.15) is 0 Å². The molecule has 0 radical (unpaired) electrons. The summed E-state index contributed by atoms with van der Waals surface area (Å²) in [6, 6.07) is 6.11. The van der Waals surface area contributed by atoms with Crippen LogP contribution >= 0.6 is 11.6 Å². The second-order valence-corrected chi connectivity index (χ2v) is 12.0. The van der Waals surface area contributed by atoms with Crippen LogP contribution in [-0.4, -0.2) is 30.1 Å². The largest absolute Gasteiger partial charge is 0.466 e. The van der Waals surface area contributed by atoms with Crippen molar-refractivity contribution < 1.29 is 14.3 Å². The van der Waals surface area contributed by atoms with Gasteiger partial charge in [0.05, 0.1) is 18.1 Å². The van der Waals surface area contributed by atoms with Gasteiger partial charge < -0.3 is 15.0 Å². The van der Waals surface area contributed by atoms with E-state index in [2.05, 4.69) is 59.0 Å². The summed E-state index contributed by atoms with van der Waals surface area (Å²) < 4.78 is 5.13. The smallest absolute Gasteiger partial charge is 0.322 e. The zero-order valence-corrected chi connectivity index (χ0v) is 22.6. The summed E-state index contributed by atoms with van der Waals surface area (Å²) in [6.45, 7) is 15.9. The van der Waals surface area contributed by atoms with Gasteiger partial charge in [0, 0.05) is 17.8 Å². The number of urea groups is 1. The summed E-state index contributed by atoms with van der Waals surface area (Å²) >= 11 is 6.71. The number of nitrogens with zero attached hydrogens (tertiary/aromatic N) is 1. The van der Waals surface area contributed by atoms with Crippen molar-refractivity contribution >= 4 is 23.6 Å². The van der Waals surface area contributed by atoms with Crippen LogP contribution in [0.2, 0.25) is 5.02 Å². The number of hydrogen-bond donors (Lipinski definition) is 1. The van der Waals surface area contributed by atoms with Crippen LogP contribution in [-0.2, 0) is 21.5 Å². The number of nitrogens with one attached hydrogen (secondary N) is 1. The molecule has 1 fully saturated rings. The molecule has 1 atom stereocenters. The number of aryl methyl sites for hydroxylation is 1. The standard InChI is InChI=1S/C28H41ClN2O3/c1-8-34-25(32)21-13-19(14-21)16-31-17-23(18(2)3)28(7,30-26(31)33)22-10-9-20(24(29)15-22)11-12-27(4,5)6/h9-10,15,17-19,21H,8,11-14,16H2,1-7H3,(H,30,33)/t19-,21-,28-/m0/s1. The number of ether oxygens (including phenoxy) is 1. The first-order chi connectivity index (χ1) is 15.8. The Morgan fingerprint density at radius 2 is 1.97 bits per heavy atom. The van der Waals surface area contributed by atoms with Gasteiger partial charge in [-0.3, -0.25) is 4.79 Å². The molecule has 1 aliphatic heterocycles. The molecule has 2 amide bonds. The fraction of sp³-hybridized carbons (Fsp3) is 0.643. The highest BCUT2D eigenvalue weighted by atomic mass is 35.5. The molecule has 0 unspecified atom stereocenters. The van der Waals surface area contributed by atoms with Crippen molar-refractivity contribution in [2.45, 2.75) is 79.7 Å². The topological polar surface area (TPSA) is 58.6 Å². The van der Waals surface area contributed by atoms with Crippen molar-refractivity contribution in [1.82, 2.24) is 10.2 Å². The third-order valence-corrected chi connectivity index (χ3v) is 7.55. The van der Waals surface area contributed by atoms with Gasteiger partial charge in [-0.05, 0) is 79.5 Å². The Morgan fingerprint density at radius 1 is 1.29 bits per heavy atom. The molecule has 2 aliphatic rings. The maximum Gasteiger partial charge on any atom is 0.322 e. The predicted octanol–water partition coefficient (Wildman–Crippen LogP) is 6.69. The number of rotatable bonds is 8. The quantitative estimate of drug-likeness (QED) is 0.415. The highest BCUT2D eigenvalue weighted by Gasteiger charge is 2.42. The Labute approximate surface area is 210 Å². The molecular formula is C28H41ClN2O3. The summed E-state index contributed by atoms with van der Waals surface area (Å²) in [5.74, 6) is 0.401. The van der Waals surface area contributed by atoms with Crippen LogP contribution in [0.25, 0.3) is 0 Å². The minimum atomic E-state index is -0.624. The zero-order chi connectivity index (χ0) is 25.3. The summed E-state index contributed by atoms with van der Waals surface area (Å²) in [5, 5.41) is 4.02. The Bertz CT molecular complexity index is 943. The van der Waals surface area contributed by atoms with E-state index in [1.54, 1.807) is 4.90 Å². The molecule has 0 bridgehead atoms. The van der Waals surface area contributed by atoms with E-state index in [-0.39, 0.29) is 29.3 Å². The number of amides is 2. The van der Waals surface area contributed by atoms with Gasteiger partial charge in [-0.2, -0.15) is 0 Å². The van der Waals surface area contributed by atoms with Gasteiger partial charge >= 0.3 is 12.0 Å². The molecule has 188 valence electrons. The monoisotopic (exact) mass is 488 g/mol. The molecular weight excluding hydrogens is 448 g/mol. The normalized spacial score (nSPS) is 25.0.